The molecule has 6 nitrogen and oxygen atoms in total. The molecule has 28 heavy (non-hydrogen) atoms. The van der Waals surface area contributed by atoms with E-state index in [0.717, 1.165) is 11.3 Å². The normalized spacial score (nSPS) is 10.6. The van der Waals surface area contributed by atoms with E-state index in [9.17, 15) is 9.59 Å². The van der Waals surface area contributed by atoms with Crippen LogP contribution in [-0.2, 0) is 16.1 Å². The number of carbonyl (C=O) groups excluding carboxylic acids is 2. The topological polar surface area (TPSA) is 61.9 Å². The van der Waals surface area contributed by atoms with Crippen molar-refractivity contribution in [3.8, 4) is 5.75 Å². The maximum Gasteiger partial charge on any atom is 0.238 e. The van der Waals surface area contributed by atoms with Crippen LogP contribution in [0.3, 0.4) is 0 Å². The number of para-hydroxylation sites is 1. The highest BCUT2D eigenvalue weighted by molar-refractivity contribution is 6.33. The summed E-state index contributed by atoms with van der Waals surface area (Å²) in [7, 11) is 3.48. The molecular weight excluding hydrogens is 378 g/mol. The lowest BCUT2D eigenvalue weighted by Gasteiger charge is -2.22. The maximum absolute atomic E-state index is 12.4. The summed E-state index contributed by atoms with van der Waals surface area (Å²) < 4.78 is 5.42. The monoisotopic (exact) mass is 403 g/mol. The van der Waals surface area contributed by atoms with Gasteiger partial charge in [-0.15, -0.1) is 0 Å². The van der Waals surface area contributed by atoms with Gasteiger partial charge in [0.05, 0.1) is 30.4 Å². The van der Waals surface area contributed by atoms with Gasteiger partial charge in [0.25, 0.3) is 0 Å². The van der Waals surface area contributed by atoms with Gasteiger partial charge < -0.3 is 15.0 Å². The maximum atomic E-state index is 12.4. The van der Waals surface area contributed by atoms with Gasteiger partial charge in [-0.3, -0.25) is 14.5 Å². The number of carbonyl (C=O) groups is 2. The summed E-state index contributed by atoms with van der Waals surface area (Å²) in [6, 6.07) is 14.7. The van der Waals surface area contributed by atoms with Gasteiger partial charge in [-0.05, 0) is 43.8 Å². The van der Waals surface area contributed by atoms with Gasteiger partial charge in [-0.25, -0.2) is 0 Å². The van der Waals surface area contributed by atoms with E-state index in [1.54, 1.807) is 48.2 Å². The van der Waals surface area contributed by atoms with Crippen LogP contribution < -0.4 is 10.1 Å². The molecule has 0 saturated carbocycles. The molecule has 0 bridgehead atoms. The fourth-order valence-electron chi connectivity index (χ4n) is 2.62. The number of hydrogen-bond donors (Lipinski definition) is 1. The summed E-state index contributed by atoms with van der Waals surface area (Å²) in [6.07, 6.45) is 0. The molecule has 2 aromatic carbocycles. The first-order valence-corrected chi connectivity index (χ1v) is 9.45. The van der Waals surface area contributed by atoms with Crippen LogP contribution in [0.2, 0.25) is 5.02 Å². The molecule has 1 N–H and O–H groups in total. The fourth-order valence-corrected chi connectivity index (χ4v) is 2.81. The third-order valence-electron chi connectivity index (χ3n) is 4.05. The van der Waals surface area contributed by atoms with Crippen molar-refractivity contribution in [2.75, 3.05) is 39.1 Å². The van der Waals surface area contributed by atoms with Gasteiger partial charge in [0.15, 0.2) is 0 Å². The van der Waals surface area contributed by atoms with Crippen LogP contribution in [0.5, 0.6) is 5.75 Å². The second-order valence-corrected chi connectivity index (χ2v) is 6.93. The summed E-state index contributed by atoms with van der Waals surface area (Å²) in [6.45, 7) is 3.28. The summed E-state index contributed by atoms with van der Waals surface area (Å²) in [5.74, 6) is 0.518. The average molecular weight is 404 g/mol. The molecule has 0 aliphatic heterocycles. The minimum Gasteiger partial charge on any atom is -0.494 e. The minimum absolute atomic E-state index is 0.0677. The molecule has 0 fully saturated rings. The van der Waals surface area contributed by atoms with Crippen LogP contribution >= 0.6 is 11.6 Å². The Bertz CT molecular complexity index is 796. The Labute approximate surface area is 171 Å². The third-order valence-corrected chi connectivity index (χ3v) is 4.38. The number of nitrogens with zero attached hydrogens (tertiary/aromatic N) is 2. The number of hydrogen-bond acceptors (Lipinski definition) is 4. The summed E-state index contributed by atoms with van der Waals surface area (Å²) >= 11 is 6.04. The first-order valence-electron chi connectivity index (χ1n) is 9.07. The largest absolute Gasteiger partial charge is 0.494 e. The van der Waals surface area contributed by atoms with E-state index in [2.05, 4.69) is 5.32 Å². The Kier molecular flexibility index (Phi) is 8.29. The van der Waals surface area contributed by atoms with E-state index in [-0.39, 0.29) is 24.9 Å². The van der Waals surface area contributed by atoms with Crippen LogP contribution in [0.1, 0.15) is 12.5 Å². The molecule has 7 heteroatoms. The molecule has 0 radical (unpaired) electrons. The predicted octanol–water partition coefficient (Wildman–Crippen LogP) is 3.27. The van der Waals surface area contributed by atoms with Gasteiger partial charge in [-0.2, -0.15) is 0 Å². The van der Waals surface area contributed by atoms with Gasteiger partial charge in [0.2, 0.25) is 11.8 Å². The molecule has 0 saturated heterocycles. The number of anilines is 1. The van der Waals surface area contributed by atoms with E-state index in [0.29, 0.717) is 23.9 Å². The van der Waals surface area contributed by atoms with Crippen molar-refractivity contribution in [3.63, 3.8) is 0 Å². The Morgan fingerprint density at radius 3 is 2.36 bits per heavy atom. The van der Waals surface area contributed by atoms with Crippen molar-refractivity contribution in [3.05, 3.63) is 59.1 Å². The molecular formula is C21H26ClN3O3. The molecule has 150 valence electrons. The van der Waals surface area contributed by atoms with Gasteiger partial charge in [-0.1, -0.05) is 35.9 Å². The quantitative estimate of drug-likeness (QED) is 0.698. The molecule has 0 unspecified atom stereocenters. The SMILES string of the molecule is CCOc1ccc(CN(C)C(=O)CN(C)CC(=O)Nc2ccccc2Cl)cc1. The van der Waals surface area contributed by atoms with Crippen molar-refractivity contribution >= 4 is 29.1 Å². The minimum atomic E-state index is -0.224. The van der Waals surface area contributed by atoms with Gasteiger partial charge in [0.1, 0.15) is 5.75 Å². The second-order valence-electron chi connectivity index (χ2n) is 6.53. The number of rotatable bonds is 9. The lowest BCUT2D eigenvalue weighted by Crippen LogP contribution is -2.39. The van der Waals surface area contributed by atoms with Crippen molar-refractivity contribution in [2.24, 2.45) is 0 Å². The highest BCUT2D eigenvalue weighted by atomic mass is 35.5. The molecule has 0 aliphatic carbocycles. The van der Waals surface area contributed by atoms with E-state index in [1.807, 2.05) is 31.2 Å². The smallest absolute Gasteiger partial charge is 0.238 e. The molecule has 0 spiro atoms. The van der Waals surface area contributed by atoms with Gasteiger partial charge in [0, 0.05) is 13.6 Å². The Morgan fingerprint density at radius 1 is 1.04 bits per heavy atom. The Balaban J connectivity index is 1.80. The van der Waals surface area contributed by atoms with E-state index in [4.69, 9.17) is 16.3 Å². The number of amides is 2. The molecule has 2 aromatic rings. The van der Waals surface area contributed by atoms with E-state index >= 15 is 0 Å². The van der Waals surface area contributed by atoms with Gasteiger partial charge >= 0.3 is 0 Å². The summed E-state index contributed by atoms with van der Waals surface area (Å²) in [5.41, 5.74) is 1.57. The lowest BCUT2D eigenvalue weighted by atomic mass is 10.2. The molecule has 2 amide bonds. The van der Waals surface area contributed by atoms with Crippen molar-refractivity contribution in [1.82, 2.24) is 9.80 Å². The van der Waals surface area contributed by atoms with Crippen LogP contribution in [0.15, 0.2) is 48.5 Å². The van der Waals surface area contributed by atoms with Crippen molar-refractivity contribution in [1.29, 1.82) is 0 Å². The zero-order valence-electron chi connectivity index (χ0n) is 16.4. The number of likely N-dealkylation sites (N-methyl/N-ethyl adjacent to an activating group) is 2. The number of benzene rings is 2. The molecule has 0 aliphatic rings. The van der Waals surface area contributed by atoms with E-state index in [1.165, 1.54) is 0 Å². The molecule has 0 heterocycles. The Hall–Kier alpha value is -2.57. The third kappa shape index (κ3) is 6.87. The van der Waals surface area contributed by atoms with Crippen molar-refractivity contribution < 1.29 is 14.3 Å². The second kappa shape index (κ2) is 10.7. The first-order chi connectivity index (χ1) is 13.4. The summed E-state index contributed by atoms with van der Waals surface area (Å²) in [5, 5.41) is 3.23. The van der Waals surface area contributed by atoms with E-state index < -0.39 is 0 Å². The predicted molar refractivity (Wildman–Crippen MR) is 112 cm³/mol. The molecule has 2 rings (SSSR count). The van der Waals surface area contributed by atoms with Crippen molar-refractivity contribution in [2.45, 2.75) is 13.5 Å². The fraction of sp³-hybridized carbons (Fsp3) is 0.333. The standard InChI is InChI=1S/C21H26ClN3O3/c1-4-28-17-11-9-16(10-12-17)13-25(3)21(27)15-24(2)14-20(26)23-19-8-6-5-7-18(19)22/h5-12H,4,13-15H2,1-3H3,(H,23,26). The molecule has 0 aromatic heterocycles. The zero-order chi connectivity index (χ0) is 20.5. The molecule has 0 atom stereocenters. The van der Waals surface area contributed by atoms with Crippen LogP contribution in [-0.4, -0.2) is 55.4 Å². The zero-order valence-corrected chi connectivity index (χ0v) is 17.2. The van der Waals surface area contributed by atoms with Crippen LogP contribution in [0, 0.1) is 0 Å². The highest BCUT2D eigenvalue weighted by Crippen LogP contribution is 2.20. The highest BCUT2D eigenvalue weighted by Gasteiger charge is 2.15. The first kappa shape index (κ1) is 21.7. The average Bonchev–Trinajstić information content (AvgIpc) is 2.65. The number of nitrogens with one attached hydrogen (secondary N) is 1. The number of halogens is 1. The lowest BCUT2D eigenvalue weighted by molar-refractivity contribution is -0.131. The Morgan fingerprint density at radius 2 is 1.71 bits per heavy atom. The number of ether oxygens (including phenoxy) is 1. The van der Waals surface area contributed by atoms with Crippen LogP contribution in [0.25, 0.3) is 0 Å². The summed E-state index contributed by atoms with van der Waals surface area (Å²) in [4.78, 5) is 27.9. The van der Waals surface area contributed by atoms with Crippen LogP contribution in [0.4, 0.5) is 5.69 Å².